The van der Waals surface area contributed by atoms with Crippen molar-refractivity contribution in [2.45, 2.75) is 107 Å². The van der Waals surface area contributed by atoms with Crippen LogP contribution in [0.2, 0.25) is 0 Å². The Bertz CT molecular complexity index is 1920. The number of hydrogen-bond donors (Lipinski definition) is 3. The van der Waals surface area contributed by atoms with Gasteiger partial charge in [0.15, 0.2) is 0 Å². The minimum Gasteiger partial charge on any atom is -0.355 e. The third-order valence-electron chi connectivity index (χ3n) is 9.27. The zero-order valence-electron chi connectivity index (χ0n) is 26.8. The van der Waals surface area contributed by atoms with Crippen molar-refractivity contribution in [2.24, 2.45) is 0 Å². The van der Waals surface area contributed by atoms with Gasteiger partial charge in [-0.25, -0.2) is 4.98 Å². The summed E-state index contributed by atoms with van der Waals surface area (Å²) in [5.74, 6) is 0. The molecule has 0 radical (unpaired) electrons. The summed E-state index contributed by atoms with van der Waals surface area (Å²) in [5, 5.41) is 0. The number of aromatic nitrogens is 4. The Balaban J connectivity index is 2.16. The third-order valence-corrected chi connectivity index (χ3v) is 9.27. The summed E-state index contributed by atoms with van der Waals surface area (Å²) < 4.78 is 0. The lowest BCUT2D eigenvalue weighted by Crippen LogP contribution is -2.13. The van der Waals surface area contributed by atoms with Crippen molar-refractivity contribution >= 4 is 44.2 Å². The molecule has 5 nitrogen and oxygen atoms in total. The van der Waals surface area contributed by atoms with Gasteiger partial charge in [0.2, 0.25) is 5.43 Å². The highest BCUT2D eigenvalue weighted by molar-refractivity contribution is 5.93. The van der Waals surface area contributed by atoms with Gasteiger partial charge < -0.3 is 15.0 Å². The van der Waals surface area contributed by atoms with Crippen LogP contribution in [-0.2, 0) is 24.7 Å². The highest BCUT2D eigenvalue weighted by Crippen LogP contribution is 2.37. The van der Waals surface area contributed by atoms with E-state index in [1.165, 1.54) is 38.9 Å². The maximum atomic E-state index is 14.2. The van der Waals surface area contributed by atoms with Crippen LogP contribution in [0.25, 0.3) is 44.2 Å². The third kappa shape index (κ3) is 4.45. The number of rotatable bonds is 4. The van der Waals surface area contributed by atoms with E-state index in [9.17, 15) is 4.79 Å². The molecule has 4 aromatic heterocycles. The Hall–Kier alpha value is -3.60. The second kappa shape index (κ2) is 10.3. The molecule has 0 amide bonds. The molecule has 1 aliphatic rings. The highest BCUT2D eigenvalue weighted by atomic mass is 16.1. The number of aromatic amines is 3. The van der Waals surface area contributed by atoms with E-state index in [1.54, 1.807) is 0 Å². The molecule has 0 saturated carbocycles. The summed E-state index contributed by atoms with van der Waals surface area (Å²) in [5.41, 5.74) is 18.3. The minimum absolute atomic E-state index is 0.0159. The van der Waals surface area contributed by atoms with Crippen molar-refractivity contribution in [1.82, 2.24) is 19.9 Å². The standard InChI is InChI=1S/C36H46N4O/c1-12-22-20(7)31-30(36(9,10)11)32-21(8)23(13-2)29(40-32)17-27-19(6)25(15-4)34(38-27)35(41)33-24(14-3)18(5)26(37-33)16-28(22)39-31/h16-17,37,39-40H,12-15H2,1-11H3. The summed E-state index contributed by atoms with van der Waals surface area (Å²) in [6.07, 6.45) is 3.36. The molecule has 216 valence electrons. The zero-order chi connectivity index (χ0) is 30.0. The van der Waals surface area contributed by atoms with Crippen LogP contribution in [0.4, 0.5) is 0 Å². The molecule has 41 heavy (non-hydrogen) atoms. The fourth-order valence-corrected chi connectivity index (χ4v) is 7.04. The van der Waals surface area contributed by atoms with Crippen LogP contribution in [0.1, 0.15) is 112 Å². The van der Waals surface area contributed by atoms with Gasteiger partial charge in [-0.15, -0.1) is 0 Å². The summed E-state index contributed by atoms with van der Waals surface area (Å²) in [6, 6.07) is 4.37. The van der Waals surface area contributed by atoms with Gasteiger partial charge in [-0.2, -0.15) is 0 Å². The van der Waals surface area contributed by atoms with Crippen molar-refractivity contribution in [3.05, 3.63) is 72.7 Å². The van der Waals surface area contributed by atoms with Crippen molar-refractivity contribution < 1.29 is 0 Å². The molecule has 5 heteroatoms. The number of H-pyrrole nitrogens is 3. The van der Waals surface area contributed by atoms with Gasteiger partial charge in [0.25, 0.3) is 0 Å². The molecular formula is C36H46N4O. The molecule has 4 aromatic rings. The average molecular weight is 551 g/mol. The van der Waals surface area contributed by atoms with E-state index in [1.807, 2.05) is 0 Å². The molecule has 8 bridgehead atoms. The Morgan fingerprint density at radius 1 is 0.659 bits per heavy atom. The second-order valence-electron chi connectivity index (χ2n) is 12.7. The van der Waals surface area contributed by atoms with Gasteiger partial charge in [0, 0.05) is 33.1 Å². The van der Waals surface area contributed by atoms with E-state index >= 15 is 0 Å². The quantitative estimate of drug-likeness (QED) is 0.237. The molecular weight excluding hydrogens is 504 g/mol. The predicted molar refractivity (Wildman–Crippen MR) is 176 cm³/mol. The van der Waals surface area contributed by atoms with Crippen molar-refractivity contribution in [3.8, 4) is 0 Å². The van der Waals surface area contributed by atoms with E-state index < -0.39 is 0 Å². The Morgan fingerprint density at radius 2 is 1.17 bits per heavy atom. The first kappa shape index (κ1) is 28.9. The Kier molecular flexibility index (Phi) is 7.30. The first-order valence-corrected chi connectivity index (χ1v) is 15.3. The first-order chi connectivity index (χ1) is 19.4. The van der Waals surface area contributed by atoms with Gasteiger partial charge >= 0.3 is 0 Å². The second-order valence-corrected chi connectivity index (χ2v) is 12.7. The van der Waals surface area contributed by atoms with E-state index in [0.29, 0.717) is 11.2 Å². The maximum absolute atomic E-state index is 14.2. The fourth-order valence-electron chi connectivity index (χ4n) is 7.04. The van der Waals surface area contributed by atoms with Crippen LogP contribution in [0, 0.1) is 20.8 Å². The smallest absolute Gasteiger partial charge is 0.228 e. The van der Waals surface area contributed by atoms with Crippen molar-refractivity contribution in [1.29, 1.82) is 0 Å². The lowest BCUT2D eigenvalue weighted by molar-refractivity contribution is 0.598. The van der Waals surface area contributed by atoms with Crippen LogP contribution < -0.4 is 5.43 Å². The normalized spacial score (nSPS) is 13.1. The van der Waals surface area contributed by atoms with E-state index in [2.05, 4.69) is 103 Å². The molecule has 0 atom stereocenters. The van der Waals surface area contributed by atoms with Crippen LogP contribution in [-0.4, -0.2) is 19.9 Å². The zero-order valence-corrected chi connectivity index (χ0v) is 26.8. The molecule has 5 heterocycles. The van der Waals surface area contributed by atoms with Gasteiger partial charge in [0.05, 0.1) is 11.2 Å². The topological polar surface area (TPSA) is 77.3 Å². The number of nitrogens with one attached hydrogen (secondary N) is 3. The molecule has 0 spiro atoms. The lowest BCUT2D eigenvalue weighted by Gasteiger charge is -2.21. The molecule has 0 aliphatic carbocycles. The van der Waals surface area contributed by atoms with E-state index in [0.717, 1.165) is 70.2 Å². The summed E-state index contributed by atoms with van der Waals surface area (Å²) in [6.45, 7) is 24.3. The van der Waals surface area contributed by atoms with Gasteiger partial charge in [-0.1, -0.05) is 48.5 Å². The largest absolute Gasteiger partial charge is 0.355 e. The van der Waals surface area contributed by atoms with E-state index in [-0.39, 0.29) is 10.8 Å². The number of nitrogens with zero attached hydrogens (tertiary/aromatic N) is 1. The van der Waals surface area contributed by atoms with Crippen molar-refractivity contribution in [3.63, 3.8) is 0 Å². The van der Waals surface area contributed by atoms with Gasteiger partial charge in [-0.3, -0.25) is 4.79 Å². The molecule has 0 unspecified atom stereocenters. The van der Waals surface area contributed by atoms with Crippen LogP contribution in [0.15, 0.2) is 16.9 Å². The first-order valence-electron chi connectivity index (χ1n) is 15.3. The van der Waals surface area contributed by atoms with Crippen LogP contribution in [0.3, 0.4) is 0 Å². The van der Waals surface area contributed by atoms with Crippen LogP contribution in [0.5, 0.6) is 0 Å². The number of aryl methyl sites for hydroxylation is 6. The number of fused-ring (bicyclic) bond motifs is 8. The minimum atomic E-state index is -0.116. The monoisotopic (exact) mass is 550 g/mol. The Morgan fingerprint density at radius 3 is 1.66 bits per heavy atom. The van der Waals surface area contributed by atoms with Crippen molar-refractivity contribution in [2.75, 3.05) is 0 Å². The average Bonchev–Trinajstić information content (AvgIpc) is 3.60. The van der Waals surface area contributed by atoms with Gasteiger partial charge in [-0.05, 0) is 115 Å². The molecule has 5 rings (SSSR count). The molecule has 3 N–H and O–H groups in total. The fraction of sp³-hybridized carbons (Fsp3) is 0.444. The molecule has 0 saturated heterocycles. The van der Waals surface area contributed by atoms with E-state index in [4.69, 9.17) is 4.98 Å². The lowest BCUT2D eigenvalue weighted by atomic mass is 9.84. The Labute approximate surface area is 243 Å². The summed E-state index contributed by atoms with van der Waals surface area (Å²) >= 11 is 0. The number of allylic oxidation sites excluding steroid dienone is 2. The summed E-state index contributed by atoms with van der Waals surface area (Å²) in [7, 11) is 0. The summed E-state index contributed by atoms with van der Waals surface area (Å²) in [4.78, 5) is 30.5. The van der Waals surface area contributed by atoms with Crippen LogP contribution >= 0.6 is 0 Å². The SMILES string of the molecule is CCC1=C(C)c2cc3[nH]c(c(C)c3CC)c(C(C)(C)C)c3[nH]c(cc4[nH]c(c(CC)c4C)c(=O)c1n2)c(CC)c3C. The molecule has 0 aromatic carbocycles. The van der Waals surface area contributed by atoms with Gasteiger partial charge in [0.1, 0.15) is 5.69 Å². The predicted octanol–water partition coefficient (Wildman–Crippen LogP) is 9.14. The molecule has 1 aliphatic heterocycles. The maximum Gasteiger partial charge on any atom is 0.228 e. The molecule has 0 fully saturated rings. The number of hydrogen-bond acceptors (Lipinski definition) is 2. The highest BCUT2D eigenvalue weighted by Gasteiger charge is 2.25.